The fraction of sp³-hybridized carbons (Fsp3) is 0.200. The second kappa shape index (κ2) is 5.05. The molecule has 1 amide bonds. The quantitative estimate of drug-likeness (QED) is 0.912. The van der Waals surface area contributed by atoms with E-state index in [4.69, 9.17) is 0 Å². The number of hydrogen-bond acceptors (Lipinski definition) is 3. The molecular formula is C15H14N2OS. The summed E-state index contributed by atoms with van der Waals surface area (Å²) in [6, 6.07) is 11.9. The minimum Gasteiger partial charge on any atom is -0.310 e. The van der Waals surface area contributed by atoms with Gasteiger partial charge in [0.15, 0.2) is 0 Å². The Kier molecular flexibility index (Phi) is 3.25. The third-order valence-electron chi connectivity index (χ3n) is 3.11. The molecule has 0 unspecified atom stereocenters. The van der Waals surface area contributed by atoms with Crippen LogP contribution in [0, 0.1) is 6.92 Å². The van der Waals surface area contributed by atoms with Crippen molar-refractivity contribution in [3.63, 3.8) is 0 Å². The van der Waals surface area contributed by atoms with Crippen molar-refractivity contribution in [3.8, 4) is 0 Å². The SMILES string of the molecule is Cc1ccc2c(c1)S[C@H](C(=O)Nc1ccccn1)C2. The first kappa shape index (κ1) is 12.2. The van der Waals surface area contributed by atoms with Crippen LogP contribution in [0.25, 0.3) is 0 Å². The number of hydrogen-bond donors (Lipinski definition) is 1. The van der Waals surface area contributed by atoms with Crippen LogP contribution in [-0.2, 0) is 11.2 Å². The van der Waals surface area contributed by atoms with Crippen LogP contribution in [0.2, 0.25) is 0 Å². The molecule has 0 bridgehead atoms. The van der Waals surface area contributed by atoms with Gasteiger partial charge in [-0.15, -0.1) is 11.8 Å². The standard InChI is InChI=1S/C15H14N2OS/c1-10-5-6-11-9-13(19-12(11)8-10)15(18)17-14-4-2-3-7-16-14/h2-8,13H,9H2,1H3,(H,16,17,18)/t13-/m0/s1. The van der Waals surface area contributed by atoms with Crippen molar-refractivity contribution in [1.29, 1.82) is 0 Å². The molecule has 1 atom stereocenters. The van der Waals surface area contributed by atoms with Crippen molar-refractivity contribution in [1.82, 2.24) is 4.98 Å². The topological polar surface area (TPSA) is 42.0 Å². The molecule has 3 nitrogen and oxygen atoms in total. The van der Waals surface area contributed by atoms with Gasteiger partial charge >= 0.3 is 0 Å². The molecule has 1 aliphatic rings. The van der Waals surface area contributed by atoms with E-state index in [2.05, 4.69) is 35.4 Å². The molecule has 0 saturated carbocycles. The van der Waals surface area contributed by atoms with Crippen molar-refractivity contribution < 1.29 is 4.79 Å². The number of carbonyl (C=O) groups is 1. The zero-order valence-corrected chi connectivity index (χ0v) is 11.4. The number of anilines is 1. The summed E-state index contributed by atoms with van der Waals surface area (Å²) in [5, 5.41) is 2.81. The number of aryl methyl sites for hydroxylation is 1. The Bertz CT molecular complexity index is 613. The van der Waals surface area contributed by atoms with Crippen molar-refractivity contribution in [2.75, 3.05) is 5.32 Å². The lowest BCUT2D eigenvalue weighted by molar-refractivity contribution is -0.115. The lowest BCUT2D eigenvalue weighted by atomic mass is 10.1. The van der Waals surface area contributed by atoms with Crippen molar-refractivity contribution in [2.24, 2.45) is 0 Å². The summed E-state index contributed by atoms with van der Waals surface area (Å²) < 4.78 is 0. The molecule has 2 aromatic rings. The minimum atomic E-state index is -0.0567. The Morgan fingerprint density at radius 1 is 1.37 bits per heavy atom. The van der Waals surface area contributed by atoms with E-state index in [0.717, 1.165) is 6.42 Å². The monoisotopic (exact) mass is 270 g/mol. The van der Waals surface area contributed by atoms with E-state index in [1.54, 1.807) is 24.0 Å². The number of carbonyl (C=O) groups excluding carboxylic acids is 1. The summed E-state index contributed by atoms with van der Waals surface area (Å²) in [6.07, 6.45) is 2.47. The zero-order chi connectivity index (χ0) is 13.2. The van der Waals surface area contributed by atoms with Crippen LogP contribution in [0.4, 0.5) is 5.82 Å². The predicted octanol–water partition coefficient (Wildman–Crippen LogP) is 3.05. The van der Waals surface area contributed by atoms with E-state index in [0.29, 0.717) is 5.82 Å². The smallest absolute Gasteiger partial charge is 0.239 e. The number of thioether (sulfide) groups is 1. The molecule has 19 heavy (non-hydrogen) atoms. The predicted molar refractivity (Wildman–Crippen MR) is 77.4 cm³/mol. The number of nitrogens with zero attached hydrogens (tertiary/aromatic N) is 1. The van der Waals surface area contributed by atoms with Gasteiger partial charge in [-0.25, -0.2) is 4.98 Å². The van der Waals surface area contributed by atoms with Crippen LogP contribution >= 0.6 is 11.8 Å². The highest BCUT2D eigenvalue weighted by Crippen LogP contribution is 2.37. The Balaban J connectivity index is 1.71. The number of nitrogens with one attached hydrogen (secondary N) is 1. The molecule has 96 valence electrons. The highest BCUT2D eigenvalue weighted by atomic mass is 32.2. The summed E-state index contributed by atoms with van der Waals surface area (Å²) >= 11 is 1.64. The van der Waals surface area contributed by atoms with Gasteiger partial charge in [0.05, 0.1) is 5.25 Å². The lowest BCUT2D eigenvalue weighted by Crippen LogP contribution is -2.25. The third-order valence-corrected chi connectivity index (χ3v) is 4.41. The number of benzene rings is 1. The minimum absolute atomic E-state index is 0.0255. The van der Waals surface area contributed by atoms with Crippen LogP contribution in [0.3, 0.4) is 0 Å². The molecule has 0 fully saturated rings. The molecule has 0 radical (unpaired) electrons. The van der Waals surface area contributed by atoms with Gasteiger partial charge in [0.1, 0.15) is 5.82 Å². The maximum Gasteiger partial charge on any atom is 0.239 e. The van der Waals surface area contributed by atoms with E-state index in [1.807, 2.05) is 12.1 Å². The van der Waals surface area contributed by atoms with E-state index in [1.165, 1.54) is 16.0 Å². The molecule has 1 aliphatic heterocycles. The number of amides is 1. The fourth-order valence-corrected chi connectivity index (χ4v) is 3.42. The van der Waals surface area contributed by atoms with Gasteiger partial charge in [0.25, 0.3) is 0 Å². The van der Waals surface area contributed by atoms with E-state index < -0.39 is 0 Å². The molecule has 1 aromatic heterocycles. The van der Waals surface area contributed by atoms with Gasteiger partial charge in [-0.3, -0.25) is 4.79 Å². The number of fused-ring (bicyclic) bond motifs is 1. The van der Waals surface area contributed by atoms with Crippen LogP contribution in [0.1, 0.15) is 11.1 Å². The number of aromatic nitrogens is 1. The van der Waals surface area contributed by atoms with Gasteiger partial charge in [0, 0.05) is 11.1 Å². The van der Waals surface area contributed by atoms with Crippen molar-refractivity contribution in [2.45, 2.75) is 23.5 Å². The maximum absolute atomic E-state index is 12.2. The average molecular weight is 270 g/mol. The Morgan fingerprint density at radius 2 is 2.26 bits per heavy atom. The van der Waals surface area contributed by atoms with E-state index in [-0.39, 0.29) is 11.2 Å². The molecule has 0 aliphatic carbocycles. The van der Waals surface area contributed by atoms with Crippen molar-refractivity contribution in [3.05, 3.63) is 53.7 Å². The van der Waals surface area contributed by atoms with Crippen LogP contribution < -0.4 is 5.32 Å². The third kappa shape index (κ3) is 2.63. The van der Waals surface area contributed by atoms with Crippen LogP contribution in [-0.4, -0.2) is 16.1 Å². The van der Waals surface area contributed by atoms with Crippen LogP contribution in [0.15, 0.2) is 47.5 Å². The Morgan fingerprint density at radius 3 is 3.05 bits per heavy atom. The van der Waals surface area contributed by atoms with Gasteiger partial charge in [0.2, 0.25) is 5.91 Å². The summed E-state index contributed by atoms with van der Waals surface area (Å²) in [5.74, 6) is 0.637. The Labute approximate surface area is 116 Å². The van der Waals surface area contributed by atoms with E-state index in [9.17, 15) is 4.79 Å². The molecular weight excluding hydrogens is 256 g/mol. The number of rotatable bonds is 2. The summed E-state index contributed by atoms with van der Waals surface area (Å²) in [6.45, 7) is 2.07. The summed E-state index contributed by atoms with van der Waals surface area (Å²) in [7, 11) is 0. The highest BCUT2D eigenvalue weighted by molar-refractivity contribution is 8.01. The first-order valence-corrected chi connectivity index (χ1v) is 7.08. The molecule has 4 heteroatoms. The van der Waals surface area contributed by atoms with Gasteiger partial charge in [-0.05, 0) is 37.1 Å². The molecule has 1 aromatic carbocycles. The van der Waals surface area contributed by atoms with Crippen molar-refractivity contribution >= 4 is 23.5 Å². The second-order valence-electron chi connectivity index (χ2n) is 4.63. The fourth-order valence-electron chi connectivity index (χ4n) is 2.12. The molecule has 0 saturated heterocycles. The molecule has 3 rings (SSSR count). The highest BCUT2D eigenvalue weighted by Gasteiger charge is 2.28. The normalized spacial score (nSPS) is 17.0. The zero-order valence-electron chi connectivity index (χ0n) is 10.6. The first-order valence-electron chi connectivity index (χ1n) is 6.20. The first-order chi connectivity index (χ1) is 9.22. The average Bonchev–Trinajstić information content (AvgIpc) is 2.83. The molecule has 0 spiro atoms. The second-order valence-corrected chi connectivity index (χ2v) is 5.87. The summed E-state index contributed by atoms with van der Waals surface area (Å²) in [5.41, 5.74) is 2.49. The number of pyridine rings is 1. The Hall–Kier alpha value is -1.81. The van der Waals surface area contributed by atoms with E-state index >= 15 is 0 Å². The summed E-state index contributed by atoms with van der Waals surface area (Å²) in [4.78, 5) is 17.5. The largest absolute Gasteiger partial charge is 0.310 e. The van der Waals surface area contributed by atoms with Gasteiger partial charge < -0.3 is 5.32 Å². The lowest BCUT2D eigenvalue weighted by Gasteiger charge is -2.08. The molecule has 2 heterocycles. The van der Waals surface area contributed by atoms with Gasteiger partial charge in [-0.2, -0.15) is 0 Å². The molecule has 1 N–H and O–H groups in total. The van der Waals surface area contributed by atoms with Gasteiger partial charge in [-0.1, -0.05) is 23.8 Å². The van der Waals surface area contributed by atoms with Crippen LogP contribution in [0.5, 0.6) is 0 Å². The maximum atomic E-state index is 12.2.